The van der Waals surface area contributed by atoms with Gasteiger partial charge in [0.1, 0.15) is 11.9 Å². The Hall–Kier alpha value is -2.17. The lowest BCUT2D eigenvalue weighted by Gasteiger charge is -2.22. The van der Waals surface area contributed by atoms with E-state index in [1.54, 1.807) is 25.4 Å². The molecule has 0 saturated heterocycles. The Morgan fingerprint density at radius 2 is 2.09 bits per heavy atom. The Kier molecular flexibility index (Phi) is 6.32. The number of halogens is 1. The molecule has 0 fully saturated rings. The largest absolute Gasteiger partial charge is 0.364 e. The number of aryl methyl sites for hydroxylation is 1. The summed E-state index contributed by atoms with van der Waals surface area (Å²) in [5.41, 5.74) is 2.29. The van der Waals surface area contributed by atoms with Crippen LogP contribution in [0.5, 0.6) is 0 Å². The molecule has 0 aliphatic heterocycles. The van der Waals surface area contributed by atoms with E-state index >= 15 is 0 Å². The minimum Gasteiger partial charge on any atom is -0.364 e. The summed E-state index contributed by atoms with van der Waals surface area (Å²) in [7, 11) is 1.55. The number of aromatic nitrogens is 1. The van der Waals surface area contributed by atoms with Gasteiger partial charge in [-0.2, -0.15) is 0 Å². The third-order valence-electron chi connectivity index (χ3n) is 3.38. The zero-order valence-corrected chi connectivity index (χ0v) is 13.8. The highest BCUT2D eigenvalue weighted by Gasteiger charge is 2.20. The number of hydrogen-bond acceptors (Lipinski definition) is 3. The number of nitrogens with zero attached hydrogens (tertiary/aromatic N) is 2. The fraction of sp³-hybridized carbons (Fsp3) is 0.222. The van der Waals surface area contributed by atoms with Crippen LogP contribution in [0.15, 0.2) is 55.3 Å². The standard InChI is InChI=1S/C18H19ClN2O2/c1-3-4-6-14-8-10-15(11-9-14)21(13-23-2)18(22)16-7-5-12-20-17(16)19/h3,5,7-12H,1,4,6,13H2,2H3. The number of carbonyl (C=O) groups excluding carboxylic acids is 1. The molecule has 23 heavy (non-hydrogen) atoms. The first-order valence-corrected chi connectivity index (χ1v) is 7.66. The van der Waals surface area contributed by atoms with Crippen LogP contribution < -0.4 is 4.90 Å². The monoisotopic (exact) mass is 330 g/mol. The number of rotatable bonds is 7. The Morgan fingerprint density at radius 1 is 1.35 bits per heavy atom. The Labute approximate surface area is 141 Å². The molecule has 2 aromatic rings. The number of pyridine rings is 1. The minimum atomic E-state index is -0.246. The molecular weight excluding hydrogens is 312 g/mol. The van der Waals surface area contributed by atoms with Crippen molar-refractivity contribution in [1.82, 2.24) is 4.98 Å². The highest BCUT2D eigenvalue weighted by atomic mass is 35.5. The van der Waals surface area contributed by atoms with Gasteiger partial charge < -0.3 is 4.74 Å². The summed E-state index contributed by atoms with van der Waals surface area (Å²) < 4.78 is 5.16. The first-order chi connectivity index (χ1) is 11.2. The number of allylic oxidation sites excluding steroid dienone is 1. The van der Waals surface area contributed by atoms with Gasteiger partial charge in [0.2, 0.25) is 0 Å². The Bertz CT molecular complexity index is 671. The first-order valence-electron chi connectivity index (χ1n) is 7.28. The quantitative estimate of drug-likeness (QED) is 0.436. The summed E-state index contributed by atoms with van der Waals surface area (Å²) in [6, 6.07) is 11.1. The molecular formula is C18H19ClN2O2. The Balaban J connectivity index is 2.25. The summed E-state index contributed by atoms with van der Waals surface area (Å²) in [5.74, 6) is -0.246. The van der Waals surface area contributed by atoms with Crippen LogP contribution in [0.25, 0.3) is 0 Å². The van der Waals surface area contributed by atoms with Gasteiger partial charge in [-0.25, -0.2) is 4.98 Å². The first kappa shape index (κ1) is 17.2. The predicted octanol–water partition coefficient (Wildman–Crippen LogP) is 4.10. The smallest absolute Gasteiger partial charge is 0.263 e. The second kappa shape index (κ2) is 8.46. The number of carbonyl (C=O) groups is 1. The fourth-order valence-corrected chi connectivity index (χ4v) is 2.38. The van der Waals surface area contributed by atoms with E-state index in [1.807, 2.05) is 30.3 Å². The van der Waals surface area contributed by atoms with Crippen molar-refractivity contribution < 1.29 is 9.53 Å². The molecule has 5 heteroatoms. The summed E-state index contributed by atoms with van der Waals surface area (Å²) in [4.78, 5) is 18.2. The summed E-state index contributed by atoms with van der Waals surface area (Å²) in [6.07, 6.45) is 5.29. The second-order valence-electron chi connectivity index (χ2n) is 4.99. The number of ether oxygens (including phenoxy) is 1. The maximum absolute atomic E-state index is 12.7. The molecule has 1 aromatic heterocycles. The molecule has 1 aromatic carbocycles. The molecule has 4 nitrogen and oxygen atoms in total. The average Bonchev–Trinajstić information content (AvgIpc) is 2.58. The number of amides is 1. The van der Waals surface area contributed by atoms with Gasteiger partial charge in [-0.1, -0.05) is 29.8 Å². The van der Waals surface area contributed by atoms with E-state index in [2.05, 4.69) is 11.6 Å². The fourth-order valence-electron chi connectivity index (χ4n) is 2.18. The van der Waals surface area contributed by atoms with Gasteiger partial charge in [-0.15, -0.1) is 6.58 Å². The summed E-state index contributed by atoms with van der Waals surface area (Å²) in [6.45, 7) is 3.86. The average molecular weight is 331 g/mol. The van der Waals surface area contributed by atoms with Crippen molar-refractivity contribution in [3.05, 3.63) is 71.5 Å². The lowest BCUT2D eigenvalue weighted by atomic mass is 10.1. The molecule has 0 atom stereocenters. The normalized spacial score (nSPS) is 10.3. The van der Waals surface area contributed by atoms with E-state index in [1.165, 1.54) is 10.5 Å². The summed E-state index contributed by atoms with van der Waals surface area (Å²) >= 11 is 6.02. The minimum absolute atomic E-state index is 0.135. The van der Waals surface area contributed by atoms with E-state index in [0.717, 1.165) is 18.5 Å². The lowest BCUT2D eigenvalue weighted by molar-refractivity contribution is 0.0936. The van der Waals surface area contributed by atoms with E-state index in [-0.39, 0.29) is 17.8 Å². The lowest BCUT2D eigenvalue weighted by Crippen LogP contribution is -2.33. The zero-order chi connectivity index (χ0) is 16.7. The van der Waals surface area contributed by atoms with Crippen molar-refractivity contribution in [3.8, 4) is 0 Å². The number of anilines is 1. The molecule has 2 rings (SSSR count). The number of hydrogen-bond donors (Lipinski definition) is 0. The van der Waals surface area contributed by atoms with Gasteiger partial charge in [-0.3, -0.25) is 9.69 Å². The molecule has 0 radical (unpaired) electrons. The van der Waals surface area contributed by atoms with Crippen LogP contribution in [0.2, 0.25) is 5.15 Å². The van der Waals surface area contributed by atoms with Crippen LogP contribution in [0.1, 0.15) is 22.3 Å². The Morgan fingerprint density at radius 3 is 2.70 bits per heavy atom. The maximum atomic E-state index is 12.7. The predicted molar refractivity (Wildman–Crippen MR) is 92.9 cm³/mol. The van der Waals surface area contributed by atoms with Gasteiger partial charge in [0.25, 0.3) is 5.91 Å². The van der Waals surface area contributed by atoms with E-state index in [9.17, 15) is 4.79 Å². The van der Waals surface area contributed by atoms with Crippen LogP contribution in [0, 0.1) is 0 Å². The van der Waals surface area contributed by atoms with Crippen molar-refractivity contribution in [3.63, 3.8) is 0 Å². The molecule has 0 unspecified atom stereocenters. The van der Waals surface area contributed by atoms with Gasteiger partial charge in [-0.05, 0) is 42.7 Å². The third kappa shape index (κ3) is 4.41. The van der Waals surface area contributed by atoms with Gasteiger partial charge >= 0.3 is 0 Å². The molecule has 0 spiro atoms. The number of benzene rings is 1. The molecule has 0 bridgehead atoms. The van der Waals surface area contributed by atoms with Gasteiger partial charge in [0.05, 0.1) is 5.56 Å². The highest BCUT2D eigenvalue weighted by molar-refractivity contribution is 6.33. The third-order valence-corrected chi connectivity index (χ3v) is 3.68. The molecule has 1 heterocycles. The SMILES string of the molecule is C=CCCc1ccc(N(COC)C(=O)c2cccnc2Cl)cc1. The maximum Gasteiger partial charge on any atom is 0.263 e. The zero-order valence-electron chi connectivity index (χ0n) is 13.0. The van der Waals surface area contributed by atoms with E-state index in [0.29, 0.717) is 5.56 Å². The molecule has 0 saturated carbocycles. The van der Waals surface area contributed by atoms with Crippen molar-refractivity contribution in [2.75, 3.05) is 18.7 Å². The van der Waals surface area contributed by atoms with E-state index in [4.69, 9.17) is 16.3 Å². The van der Waals surface area contributed by atoms with Crippen LogP contribution >= 0.6 is 11.6 Å². The molecule has 0 aliphatic rings. The highest BCUT2D eigenvalue weighted by Crippen LogP contribution is 2.21. The molecule has 0 aliphatic carbocycles. The van der Waals surface area contributed by atoms with Crippen molar-refractivity contribution in [2.24, 2.45) is 0 Å². The second-order valence-corrected chi connectivity index (χ2v) is 5.34. The van der Waals surface area contributed by atoms with Gasteiger partial charge in [0.15, 0.2) is 0 Å². The summed E-state index contributed by atoms with van der Waals surface area (Å²) in [5, 5.41) is 0.182. The molecule has 120 valence electrons. The molecule has 1 amide bonds. The van der Waals surface area contributed by atoms with Crippen LogP contribution in [-0.4, -0.2) is 24.7 Å². The van der Waals surface area contributed by atoms with Crippen LogP contribution in [-0.2, 0) is 11.2 Å². The van der Waals surface area contributed by atoms with Crippen molar-refractivity contribution in [2.45, 2.75) is 12.8 Å². The van der Waals surface area contributed by atoms with E-state index < -0.39 is 0 Å². The number of methoxy groups -OCH3 is 1. The molecule has 0 N–H and O–H groups in total. The van der Waals surface area contributed by atoms with Crippen LogP contribution in [0.4, 0.5) is 5.69 Å². The van der Waals surface area contributed by atoms with Crippen LogP contribution in [0.3, 0.4) is 0 Å². The van der Waals surface area contributed by atoms with Gasteiger partial charge in [0, 0.05) is 19.0 Å². The van der Waals surface area contributed by atoms with Crippen molar-refractivity contribution in [1.29, 1.82) is 0 Å². The topological polar surface area (TPSA) is 42.4 Å². The van der Waals surface area contributed by atoms with Crippen molar-refractivity contribution >= 4 is 23.2 Å².